The Kier molecular flexibility index (Phi) is 5.69. The van der Waals surface area contributed by atoms with E-state index in [9.17, 15) is 13.9 Å². The summed E-state index contributed by atoms with van der Waals surface area (Å²) in [6.07, 6.45) is -0.519. The first-order valence-electron chi connectivity index (χ1n) is 6.27. The molecular formula is C14H20F2O2. The molecule has 0 aromatic heterocycles. The zero-order valence-electron chi connectivity index (χ0n) is 11.0. The van der Waals surface area contributed by atoms with Gasteiger partial charge >= 0.3 is 0 Å². The molecule has 1 aromatic carbocycles. The van der Waals surface area contributed by atoms with Crippen LogP contribution in [0, 0.1) is 18.6 Å². The van der Waals surface area contributed by atoms with Gasteiger partial charge in [-0.15, -0.1) is 0 Å². The van der Waals surface area contributed by atoms with Crippen molar-refractivity contribution in [2.24, 2.45) is 0 Å². The molecule has 1 aromatic rings. The van der Waals surface area contributed by atoms with Crippen molar-refractivity contribution in [1.82, 2.24) is 0 Å². The van der Waals surface area contributed by atoms with Crippen molar-refractivity contribution in [1.29, 1.82) is 0 Å². The third-order valence-electron chi connectivity index (χ3n) is 2.92. The van der Waals surface area contributed by atoms with E-state index in [0.29, 0.717) is 18.6 Å². The maximum absolute atomic E-state index is 13.9. The van der Waals surface area contributed by atoms with Crippen molar-refractivity contribution in [3.05, 3.63) is 34.9 Å². The maximum Gasteiger partial charge on any atom is 0.134 e. The molecule has 0 spiro atoms. The highest BCUT2D eigenvalue weighted by molar-refractivity contribution is 5.29. The van der Waals surface area contributed by atoms with Gasteiger partial charge in [0, 0.05) is 6.61 Å². The predicted molar refractivity (Wildman–Crippen MR) is 66.4 cm³/mol. The first kappa shape index (κ1) is 15.1. The summed E-state index contributed by atoms with van der Waals surface area (Å²) in [7, 11) is 0. The minimum atomic E-state index is -1.27. The van der Waals surface area contributed by atoms with E-state index in [1.807, 2.05) is 6.92 Å². The van der Waals surface area contributed by atoms with E-state index in [4.69, 9.17) is 4.74 Å². The molecule has 2 atom stereocenters. The highest BCUT2D eigenvalue weighted by Gasteiger charge is 2.27. The molecule has 0 heterocycles. The first-order chi connectivity index (χ1) is 8.52. The molecule has 2 unspecified atom stereocenters. The van der Waals surface area contributed by atoms with Crippen molar-refractivity contribution < 1.29 is 18.6 Å². The van der Waals surface area contributed by atoms with Gasteiger partial charge in [0.2, 0.25) is 0 Å². The van der Waals surface area contributed by atoms with Gasteiger partial charge in [0.1, 0.15) is 17.7 Å². The van der Waals surface area contributed by atoms with Gasteiger partial charge in [0.15, 0.2) is 0 Å². The fraction of sp³-hybridized carbons (Fsp3) is 0.571. The topological polar surface area (TPSA) is 29.5 Å². The second kappa shape index (κ2) is 6.81. The van der Waals surface area contributed by atoms with Crippen LogP contribution in [-0.4, -0.2) is 17.8 Å². The van der Waals surface area contributed by atoms with Crippen LogP contribution in [0.5, 0.6) is 0 Å². The van der Waals surface area contributed by atoms with Crippen LogP contribution in [-0.2, 0) is 4.74 Å². The molecule has 0 saturated carbocycles. The average Bonchev–Trinajstić information content (AvgIpc) is 2.34. The second-order valence-electron chi connectivity index (χ2n) is 4.32. The molecule has 1 N–H and O–H groups in total. The lowest BCUT2D eigenvalue weighted by atomic mass is 9.98. The van der Waals surface area contributed by atoms with E-state index in [0.717, 1.165) is 6.42 Å². The zero-order valence-corrected chi connectivity index (χ0v) is 11.0. The van der Waals surface area contributed by atoms with Crippen molar-refractivity contribution in [2.45, 2.75) is 45.8 Å². The molecule has 0 aliphatic rings. The van der Waals surface area contributed by atoms with E-state index in [-0.39, 0.29) is 5.56 Å². The fourth-order valence-electron chi connectivity index (χ4n) is 1.97. The summed E-state index contributed by atoms with van der Waals surface area (Å²) in [6, 6.07) is 2.53. The molecule has 4 heteroatoms. The van der Waals surface area contributed by atoms with Gasteiger partial charge in [0.25, 0.3) is 0 Å². The highest BCUT2D eigenvalue weighted by atomic mass is 19.1. The van der Waals surface area contributed by atoms with Crippen molar-refractivity contribution >= 4 is 0 Å². The quantitative estimate of drug-likeness (QED) is 0.846. The fourth-order valence-corrected chi connectivity index (χ4v) is 1.97. The molecule has 1 rings (SSSR count). The van der Waals surface area contributed by atoms with Crippen LogP contribution in [0.2, 0.25) is 0 Å². The Labute approximate surface area is 107 Å². The molecule has 18 heavy (non-hydrogen) atoms. The minimum Gasteiger partial charge on any atom is -0.385 e. The summed E-state index contributed by atoms with van der Waals surface area (Å²) in [5.41, 5.74) is 0.0269. The number of ether oxygens (including phenoxy) is 1. The van der Waals surface area contributed by atoms with E-state index >= 15 is 0 Å². The molecule has 0 fully saturated rings. The Morgan fingerprint density at radius 2 is 1.94 bits per heavy atom. The lowest BCUT2D eigenvalue weighted by Crippen LogP contribution is -2.24. The summed E-state index contributed by atoms with van der Waals surface area (Å²) < 4.78 is 32.9. The van der Waals surface area contributed by atoms with Gasteiger partial charge < -0.3 is 9.84 Å². The smallest absolute Gasteiger partial charge is 0.134 e. The van der Waals surface area contributed by atoms with Crippen LogP contribution in [0.3, 0.4) is 0 Å². The predicted octanol–water partition coefficient (Wildman–Crippen LogP) is 3.51. The van der Waals surface area contributed by atoms with E-state index in [1.54, 1.807) is 13.8 Å². The van der Waals surface area contributed by atoms with Crippen molar-refractivity contribution in [3.8, 4) is 0 Å². The third kappa shape index (κ3) is 3.27. The Balaban J connectivity index is 3.07. The Hall–Kier alpha value is -1.00. The Morgan fingerprint density at radius 1 is 1.28 bits per heavy atom. The molecule has 0 radical (unpaired) electrons. The number of halogens is 2. The SMILES string of the molecule is CCCC(OCC)C(O)c1c(F)ccc(C)c1F. The number of rotatable bonds is 6. The Bertz CT molecular complexity index is 388. The van der Waals surface area contributed by atoms with E-state index in [2.05, 4.69) is 0 Å². The van der Waals surface area contributed by atoms with Crippen LogP contribution < -0.4 is 0 Å². The van der Waals surface area contributed by atoms with Gasteiger partial charge in [-0.2, -0.15) is 0 Å². The van der Waals surface area contributed by atoms with Crippen LogP contribution in [0.25, 0.3) is 0 Å². The highest BCUT2D eigenvalue weighted by Crippen LogP contribution is 2.28. The summed E-state index contributed by atoms with van der Waals surface area (Å²) in [6.45, 7) is 5.66. The Morgan fingerprint density at radius 3 is 2.50 bits per heavy atom. The van der Waals surface area contributed by atoms with Crippen molar-refractivity contribution in [2.75, 3.05) is 6.61 Å². The maximum atomic E-state index is 13.9. The molecule has 0 aliphatic carbocycles. The largest absolute Gasteiger partial charge is 0.385 e. The van der Waals surface area contributed by atoms with Crippen molar-refractivity contribution in [3.63, 3.8) is 0 Å². The monoisotopic (exact) mass is 258 g/mol. The number of benzene rings is 1. The molecular weight excluding hydrogens is 238 g/mol. The number of hydrogen-bond acceptors (Lipinski definition) is 2. The lowest BCUT2D eigenvalue weighted by Gasteiger charge is -2.24. The standard InChI is InChI=1S/C14H20F2O2/c1-4-6-11(18-5-2)14(17)12-10(15)8-7-9(3)13(12)16/h7-8,11,14,17H,4-6H2,1-3H3. The molecule has 0 saturated heterocycles. The molecule has 0 amide bonds. The summed E-state index contributed by atoms with van der Waals surface area (Å²) in [4.78, 5) is 0. The first-order valence-corrected chi connectivity index (χ1v) is 6.27. The average molecular weight is 258 g/mol. The number of hydrogen-bond donors (Lipinski definition) is 1. The molecule has 102 valence electrons. The van der Waals surface area contributed by atoms with Crippen LogP contribution in [0.4, 0.5) is 8.78 Å². The summed E-state index contributed by atoms with van der Waals surface area (Å²) >= 11 is 0. The van der Waals surface area contributed by atoms with Gasteiger partial charge in [-0.3, -0.25) is 0 Å². The van der Waals surface area contributed by atoms with Gasteiger partial charge in [0.05, 0.1) is 11.7 Å². The van der Waals surface area contributed by atoms with E-state index < -0.39 is 23.8 Å². The number of aliphatic hydroxyl groups excluding tert-OH is 1. The summed E-state index contributed by atoms with van der Waals surface area (Å²) in [5, 5.41) is 10.1. The van der Waals surface area contributed by atoms with Crippen LogP contribution >= 0.6 is 0 Å². The molecule has 0 aliphatic heterocycles. The van der Waals surface area contributed by atoms with Gasteiger partial charge in [-0.05, 0) is 31.9 Å². The number of aliphatic hydroxyl groups is 1. The number of aryl methyl sites for hydroxylation is 1. The van der Waals surface area contributed by atoms with Gasteiger partial charge in [-0.1, -0.05) is 19.4 Å². The third-order valence-corrected chi connectivity index (χ3v) is 2.92. The lowest BCUT2D eigenvalue weighted by molar-refractivity contribution is -0.0412. The zero-order chi connectivity index (χ0) is 13.7. The second-order valence-corrected chi connectivity index (χ2v) is 4.32. The molecule has 2 nitrogen and oxygen atoms in total. The molecule has 0 bridgehead atoms. The minimum absolute atomic E-state index is 0.290. The van der Waals surface area contributed by atoms with E-state index in [1.165, 1.54) is 12.1 Å². The summed E-state index contributed by atoms with van der Waals surface area (Å²) in [5.74, 6) is -1.42. The van der Waals surface area contributed by atoms with Gasteiger partial charge in [-0.25, -0.2) is 8.78 Å². The van der Waals surface area contributed by atoms with Crippen LogP contribution in [0.15, 0.2) is 12.1 Å². The van der Waals surface area contributed by atoms with Crippen LogP contribution in [0.1, 0.15) is 43.9 Å². The normalized spacial score (nSPS) is 14.6.